The number of anilines is 1. The molecule has 7 heteroatoms. The van der Waals surface area contributed by atoms with Crippen LogP contribution in [0.4, 0.5) is 19.0 Å². The van der Waals surface area contributed by atoms with Crippen molar-refractivity contribution in [3.8, 4) is 0 Å². The quantitative estimate of drug-likeness (QED) is 0.649. The molecule has 0 spiro atoms. The normalized spacial score (nSPS) is 11.2. The molecule has 15 heavy (non-hydrogen) atoms. The van der Waals surface area contributed by atoms with Gasteiger partial charge in [-0.1, -0.05) is 17.7 Å². The third-order valence-corrected chi connectivity index (χ3v) is 1.57. The maximum atomic E-state index is 12.2. The van der Waals surface area contributed by atoms with E-state index in [0.29, 0.717) is 6.54 Å². The van der Waals surface area contributed by atoms with Crippen molar-refractivity contribution in [1.29, 1.82) is 0 Å². The zero-order valence-corrected chi connectivity index (χ0v) is 8.23. The molecule has 0 fully saturated rings. The highest BCUT2D eigenvalue weighted by molar-refractivity contribution is 6.29. The van der Waals surface area contributed by atoms with E-state index in [-0.39, 0.29) is 11.0 Å². The molecule has 0 amide bonds. The van der Waals surface area contributed by atoms with Crippen molar-refractivity contribution >= 4 is 17.4 Å². The van der Waals surface area contributed by atoms with Crippen LogP contribution in [-0.2, 0) is 6.18 Å². The van der Waals surface area contributed by atoms with Gasteiger partial charge in [0.25, 0.3) is 0 Å². The van der Waals surface area contributed by atoms with Crippen LogP contribution in [0.1, 0.15) is 5.82 Å². The molecule has 0 radical (unpaired) electrons. The molecule has 1 heterocycles. The molecule has 1 aromatic rings. The molecule has 1 rings (SSSR count). The van der Waals surface area contributed by atoms with Crippen LogP contribution in [0, 0.1) is 0 Å². The van der Waals surface area contributed by atoms with Gasteiger partial charge in [-0.15, -0.1) is 6.58 Å². The van der Waals surface area contributed by atoms with Gasteiger partial charge in [-0.3, -0.25) is 0 Å². The first kappa shape index (κ1) is 11.8. The first-order valence-electron chi connectivity index (χ1n) is 3.90. The van der Waals surface area contributed by atoms with Crippen molar-refractivity contribution in [1.82, 2.24) is 9.97 Å². The van der Waals surface area contributed by atoms with Gasteiger partial charge in [0.2, 0.25) is 5.82 Å². The summed E-state index contributed by atoms with van der Waals surface area (Å²) in [6.45, 7) is 3.70. The molecule has 0 saturated carbocycles. The van der Waals surface area contributed by atoms with E-state index in [4.69, 9.17) is 11.6 Å². The van der Waals surface area contributed by atoms with E-state index >= 15 is 0 Å². The van der Waals surface area contributed by atoms with Crippen LogP contribution >= 0.6 is 11.6 Å². The second-order valence-electron chi connectivity index (χ2n) is 2.57. The zero-order valence-electron chi connectivity index (χ0n) is 7.48. The highest BCUT2D eigenvalue weighted by atomic mass is 35.5. The molecule has 3 nitrogen and oxygen atoms in total. The predicted molar refractivity (Wildman–Crippen MR) is 50.7 cm³/mol. The number of hydrogen-bond acceptors (Lipinski definition) is 3. The Bertz CT molecular complexity index is 365. The summed E-state index contributed by atoms with van der Waals surface area (Å²) in [5, 5.41) is 2.33. The highest BCUT2D eigenvalue weighted by Crippen LogP contribution is 2.28. The summed E-state index contributed by atoms with van der Waals surface area (Å²) in [6.07, 6.45) is -3.11. The van der Waals surface area contributed by atoms with Crippen molar-refractivity contribution < 1.29 is 13.2 Å². The lowest BCUT2D eigenvalue weighted by Gasteiger charge is -2.08. The Morgan fingerprint density at radius 1 is 1.47 bits per heavy atom. The molecule has 0 unspecified atom stereocenters. The molecule has 1 aromatic heterocycles. The fourth-order valence-corrected chi connectivity index (χ4v) is 0.995. The summed E-state index contributed by atoms with van der Waals surface area (Å²) >= 11 is 5.42. The number of nitrogens with one attached hydrogen (secondary N) is 1. The Balaban J connectivity index is 3.00. The summed E-state index contributed by atoms with van der Waals surface area (Å²) in [6, 6.07) is 1.21. The van der Waals surface area contributed by atoms with Gasteiger partial charge < -0.3 is 5.32 Å². The molecule has 0 aromatic carbocycles. The molecule has 0 aliphatic carbocycles. The Hall–Kier alpha value is -1.30. The second-order valence-corrected chi connectivity index (χ2v) is 2.95. The van der Waals surface area contributed by atoms with Crippen molar-refractivity contribution in [3.05, 3.63) is 29.7 Å². The maximum absolute atomic E-state index is 12.2. The third kappa shape index (κ3) is 3.39. The maximum Gasteiger partial charge on any atom is 0.451 e. The molecule has 0 aliphatic rings. The Labute approximate surface area is 89.0 Å². The number of aromatic nitrogens is 2. The number of hydrogen-bond donors (Lipinski definition) is 1. The van der Waals surface area contributed by atoms with E-state index in [1.165, 1.54) is 12.1 Å². The fourth-order valence-electron chi connectivity index (χ4n) is 0.812. The standard InChI is InChI=1S/C8H7ClF3N3/c1-2-3-13-6-4-5(9)14-7(15-6)8(10,11)12/h2,4H,1,3H2,(H,13,14,15). The van der Waals surface area contributed by atoms with Gasteiger partial charge in [0.1, 0.15) is 11.0 Å². The van der Waals surface area contributed by atoms with E-state index in [1.807, 2.05) is 0 Å². The van der Waals surface area contributed by atoms with Gasteiger partial charge in [0.05, 0.1) is 0 Å². The van der Waals surface area contributed by atoms with Gasteiger partial charge in [-0.25, -0.2) is 9.97 Å². The van der Waals surface area contributed by atoms with Gasteiger partial charge >= 0.3 is 6.18 Å². The molecule has 0 bridgehead atoms. The second kappa shape index (κ2) is 4.48. The predicted octanol–water partition coefficient (Wildman–Crippen LogP) is 2.75. The molecule has 1 N–H and O–H groups in total. The summed E-state index contributed by atoms with van der Waals surface area (Å²) < 4.78 is 36.7. The lowest BCUT2D eigenvalue weighted by molar-refractivity contribution is -0.144. The van der Waals surface area contributed by atoms with Crippen LogP contribution in [0.2, 0.25) is 5.15 Å². The minimum absolute atomic E-state index is 0.0159. The van der Waals surface area contributed by atoms with Crippen LogP contribution in [0.15, 0.2) is 18.7 Å². The molecular formula is C8H7ClF3N3. The first-order chi connectivity index (χ1) is 6.93. The van der Waals surface area contributed by atoms with Gasteiger partial charge in [-0.2, -0.15) is 13.2 Å². The summed E-state index contributed by atoms with van der Waals surface area (Å²) in [5.74, 6) is -1.25. The lowest BCUT2D eigenvalue weighted by atomic mass is 10.5. The third-order valence-electron chi connectivity index (χ3n) is 1.38. The summed E-state index contributed by atoms with van der Waals surface area (Å²) in [4.78, 5) is 6.34. The van der Waals surface area contributed by atoms with Gasteiger partial charge in [0.15, 0.2) is 0 Å². The molecular weight excluding hydrogens is 231 g/mol. The number of rotatable bonds is 3. The lowest BCUT2D eigenvalue weighted by Crippen LogP contribution is -2.13. The van der Waals surface area contributed by atoms with E-state index in [1.54, 1.807) is 0 Å². The number of nitrogens with zero attached hydrogens (tertiary/aromatic N) is 2. The van der Waals surface area contributed by atoms with Crippen LogP contribution in [0.25, 0.3) is 0 Å². The smallest absolute Gasteiger partial charge is 0.366 e. The summed E-state index contributed by atoms with van der Waals surface area (Å²) in [5.41, 5.74) is 0. The van der Waals surface area contributed by atoms with Crippen molar-refractivity contribution in [2.75, 3.05) is 11.9 Å². The van der Waals surface area contributed by atoms with Crippen LogP contribution in [0.5, 0.6) is 0 Å². The highest BCUT2D eigenvalue weighted by Gasteiger charge is 2.35. The van der Waals surface area contributed by atoms with Crippen molar-refractivity contribution in [2.45, 2.75) is 6.18 Å². The molecule has 0 atom stereocenters. The van der Waals surface area contributed by atoms with Crippen LogP contribution in [0.3, 0.4) is 0 Å². The van der Waals surface area contributed by atoms with E-state index in [9.17, 15) is 13.2 Å². The Kier molecular flexibility index (Phi) is 3.52. The van der Waals surface area contributed by atoms with E-state index < -0.39 is 12.0 Å². The van der Waals surface area contributed by atoms with Crippen LogP contribution in [-0.4, -0.2) is 16.5 Å². The number of alkyl halides is 3. The molecule has 0 aliphatic heterocycles. The average Bonchev–Trinajstić information content (AvgIpc) is 2.12. The van der Waals surface area contributed by atoms with Crippen molar-refractivity contribution in [2.24, 2.45) is 0 Å². The largest absolute Gasteiger partial charge is 0.451 e. The monoisotopic (exact) mass is 237 g/mol. The average molecular weight is 238 g/mol. The van der Waals surface area contributed by atoms with Gasteiger partial charge in [0, 0.05) is 12.6 Å². The minimum Gasteiger partial charge on any atom is -0.366 e. The topological polar surface area (TPSA) is 37.8 Å². The van der Waals surface area contributed by atoms with Crippen LogP contribution < -0.4 is 5.32 Å². The van der Waals surface area contributed by atoms with E-state index in [0.717, 1.165) is 0 Å². The minimum atomic E-state index is -4.60. The Morgan fingerprint density at radius 2 is 2.13 bits per heavy atom. The SMILES string of the molecule is C=CCNc1cc(Cl)nc(C(F)(F)F)n1. The fraction of sp³-hybridized carbons (Fsp3) is 0.250. The first-order valence-corrected chi connectivity index (χ1v) is 4.28. The zero-order chi connectivity index (χ0) is 11.5. The summed E-state index contributed by atoms with van der Waals surface area (Å²) in [7, 11) is 0. The van der Waals surface area contributed by atoms with Gasteiger partial charge in [-0.05, 0) is 0 Å². The molecule has 0 saturated heterocycles. The van der Waals surface area contributed by atoms with E-state index in [2.05, 4.69) is 21.9 Å². The Morgan fingerprint density at radius 3 is 2.67 bits per heavy atom. The van der Waals surface area contributed by atoms with Crippen molar-refractivity contribution in [3.63, 3.8) is 0 Å². The molecule has 82 valence electrons. The number of halogens is 4.